The van der Waals surface area contributed by atoms with Gasteiger partial charge in [-0.1, -0.05) is 41.9 Å². The summed E-state index contributed by atoms with van der Waals surface area (Å²) >= 11 is 6.61. The summed E-state index contributed by atoms with van der Waals surface area (Å²) in [6.45, 7) is 0. The number of amides is 2. The molecule has 1 atom stereocenters. The van der Waals surface area contributed by atoms with Crippen LogP contribution in [0.4, 0.5) is 4.39 Å². The van der Waals surface area contributed by atoms with E-state index in [4.69, 9.17) is 11.6 Å². The molecule has 7 heteroatoms. The molecule has 3 aromatic rings. The van der Waals surface area contributed by atoms with Crippen LogP contribution in [0.3, 0.4) is 0 Å². The van der Waals surface area contributed by atoms with Crippen LogP contribution in [0.15, 0.2) is 65.6 Å². The van der Waals surface area contributed by atoms with Crippen LogP contribution < -0.4 is 10.9 Å². The predicted octanol–water partition coefficient (Wildman–Crippen LogP) is 3.82. The second-order valence-electron chi connectivity index (χ2n) is 6.81. The Morgan fingerprint density at radius 1 is 1.00 bits per heavy atom. The normalized spacial score (nSPS) is 16.6. The highest BCUT2D eigenvalue weighted by Gasteiger charge is 2.30. The number of rotatable bonds is 3. The monoisotopic (exact) mass is 410 g/mol. The Kier molecular flexibility index (Phi) is 5.03. The predicted molar refractivity (Wildman–Crippen MR) is 108 cm³/mol. The molecule has 2 amide bonds. The number of imide groups is 1. The number of halogens is 2. The van der Waals surface area contributed by atoms with E-state index in [-0.39, 0.29) is 23.8 Å². The number of carbonyl (C=O) groups excluding carboxylic acids is 2. The molecule has 1 fully saturated rings. The lowest BCUT2D eigenvalue weighted by Gasteiger charge is -2.23. The molecular weight excluding hydrogens is 395 g/mol. The van der Waals surface area contributed by atoms with E-state index in [0.717, 1.165) is 23.4 Å². The first-order chi connectivity index (χ1) is 13.9. The molecule has 0 bridgehead atoms. The van der Waals surface area contributed by atoms with Gasteiger partial charge in [0.25, 0.3) is 5.56 Å². The maximum Gasteiger partial charge on any atom is 0.255 e. The topological polar surface area (TPSA) is 68.2 Å². The summed E-state index contributed by atoms with van der Waals surface area (Å²) < 4.78 is 14.7. The fourth-order valence-corrected chi connectivity index (χ4v) is 3.86. The van der Waals surface area contributed by atoms with Crippen molar-refractivity contribution in [2.24, 2.45) is 0 Å². The SMILES string of the molecule is O=C1CCC(c2cccc(-c3ccc(-n4cc(F)ccc4=O)cc3)c2Cl)C(=O)N1. The van der Waals surface area contributed by atoms with Crippen molar-refractivity contribution in [3.8, 4) is 16.8 Å². The second kappa shape index (κ2) is 7.64. The Bertz CT molecular complexity index is 1170. The quantitative estimate of drug-likeness (QED) is 0.667. The largest absolute Gasteiger partial charge is 0.296 e. The summed E-state index contributed by atoms with van der Waals surface area (Å²) in [5.74, 6) is -1.61. The molecule has 1 aliphatic rings. The highest BCUT2D eigenvalue weighted by molar-refractivity contribution is 6.34. The summed E-state index contributed by atoms with van der Waals surface area (Å²) in [6.07, 6.45) is 1.82. The summed E-state index contributed by atoms with van der Waals surface area (Å²) in [7, 11) is 0. The van der Waals surface area contributed by atoms with Crippen LogP contribution in [0.1, 0.15) is 24.3 Å². The van der Waals surface area contributed by atoms with E-state index in [9.17, 15) is 18.8 Å². The maximum atomic E-state index is 13.5. The Hall–Kier alpha value is -3.25. The maximum absolute atomic E-state index is 13.5. The van der Waals surface area contributed by atoms with Crippen LogP contribution in [0, 0.1) is 5.82 Å². The smallest absolute Gasteiger partial charge is 0.255 e. The van der Waals surface area contributed by atoms with E-state index in [2.05, 4.69) is 5.32 Å². The molecule has 5 nitrogen and oxygen atoms in total. The minimum Gasteiger partial charge on any atom is -0.296 e. The molecular formula is C22H16ClFN2O3. The van der Waals surface area contributed by atoms with Crippen LogP contribution in [-0.4, -0.2) is 16.4 Å². The van der Waals surface area contributed by atoms with E-state index in [1.165, 1.54) is 10.6 Å². The fourth-order valence-electron chi connectivity index (χ4n) is 3.50. The summed E-state index contributed by atoms with van der Waals surface area (Å²) in [6, 6.07) is 14.7. The lowest BCUT2D eigenvalue weighted by molar-refractivity contribution is -0.134. The number of nitrogens with one attached hydrogen (secondary N) is 1. The van der Waals surface area contributed by atoms with Gasteiger partial charge in [-0.25, -0.2) is 4.39 Å². The molecule has 2 aromatic carbocycles. The fraction of sp³-hybridized carbons (Fsp3) is 0.136. The van der Waals surface area contributed by atoms with Crippen molar-refractivity contribution in [1.82, 2.24) is 9.88 Å². The lowest BCUT2D eigenvalue weighted by Crippen LogP contribution is -2.39. The van der Waals surface area contributed by atoms with Crippen molar-refractivity contribution in [2.45, 2.75) is 18.8 Å². The molecule has 0 spiro atoms. The third-order valence-corrected chi connectivity index (χ3v) is 5.40. The van der Waals surface area contributed by atoms with Gasteiger partial charge in [-0.2, -0.15) is 0 Å². The van der Waals surface area contributed by atoms with E-state index >= 15 is 0 Å². The first-order valence-electron chi connectivity index (χ1n) is 9.05. The van der Waals surface area contributed by atoms with Crippen molar-refractivity contribution in [3.05, 3.63) is 87.6 Å². The van der Waals surface area contributed by atoms with Crippen molar-refractivity contribution in [1.29, 1.82) is 0 Å². The van der Waals surface area contributed by atoms with Gasteiger partial charge in [-0.05, 0) is 35.7 Å². The second-order valence-corrected chi connectivity index (χ2v) is 7.19. The van der Waals surface area contributed by atoms with Crippen molar-refractivity contribution < 1.29 is 14.0 Å². The average Bonchev–Trinajstić information content (AvgIpc) is 2.71. The Morgan fingerprint density at radius 3 is 2.48 bits per heavy atom. The molecule has 146 valence electrons. The van der Waals surface area contributed by atoms with Gasteiger partial charge in [0.1, 0.15) is 5.82 Å². The van der Waals surface area contributed by atoms with Crippen LogP contribution in [-0.2, 0) is 9.59 Å². The zero-order chi connectivity index (χ0) is 20.5. The van der Waals surface area contributed by atoms with Crippen molar-refractivity contribution in [3.63, 3.8) is 0 Å². The summed E-state index contributed by atoms with van der Waals surface area (Å²) in [5, 5.41) is 2.79. The van der Waals surface area contributed by atoms with Crippen LogP contribution in [0.5, 0.6) is 0 Å². The molecule has 29 heavy (non-hydrogen) atoms. The molecule has 1 unspecified atom stereocenters. The van der Waals surface area contributed by atoms with E-state index in [0.29, 0.717) is 22.7 Å². The van der Waals surface area contributed by atoms with Gasteiger partial charge in [0.15, 0.2) is 0 Å². The first-order valence-corrected chi connectivity index (χ1v) is 9.43. The van der Waals surface area contributed by atoms with Crippen molar-refractivity contribution in [2.75, 3.05) is 0 Å². The van der Waals surface area contributed by atoms with Gasteiger partial charge in [-0.3, -0.25) is 24.3 Å². The van der Waals surface area contributed by atoms with Gasteiger partial charge < -0.3 is 0 Å². The average molecular weight is 411 g/mol. The van der Waals surface area contributed by atoms with Gasteiger partial charge >= 0.3 is 0 Å². The van der Waals surface area contributed by atoms with Crippen molar-refractivity contribution >= 4 is 23.4 Å². The molecule has 0 aliphatic carbocycles. The molecule has 2 heterocycles. The highest BCUT2D eigenvalue weighted by atomic mass is 35.5. The Balaban J connectivity index is 1.69. The Labute approximate surface area is 170 Å². The molecule has 0 radical (unpaired) electrons. The van der Waals surface area contributed by atoms with Gasteiger partial charge in [0, 0.05) is 29.9 Å². The number of pyridine rings is 1. The van der Waals surface area contributed by atoms with E-state index in [1.54, 1.807) is 30.3 Å². The number of aromatic nitrogens is 1. The minimum atomic E-state index is -0.506. The Morgan fingerprint density at radius 2 is 1.76 bits per heavy atom. The lowest BCUT2D eigenvalue weighted by atomic mass is 9.88. The third kappa shape index (κ3) is 3.71. The third-order valence-electron chi connectivity index (χ3n) is 4.97. The number of piperidine rings is 1. The minimum absolute atomic E-state index is 0.272. The molecule has 0 saturated carbocycles. The summed E-state index contributed by atoms with van der Waals surface area (Å²) in [5.41, 5.74) is 2.37. The van der Waals surface area contributed by atoms with Gasteiger partial charge in [0.2, 0.25) is 11.8 Å². The molecule has 1 aliphatic heterocycles. The van der Waals surface area contributed by atoms with Gasteiger partial charge in [-0.15, -0.1) is 0 Å². The van der Waals surface area contributed by atoms with Crippen LogP contribution in [0.2, 0.25) is 5.02 Å². The number of nitrogens with zero attached hydrogens (tertiary/aromatic N) is 1. The zero-order valence-electron chi connectivity index (χ0n) is 15.2. The summed E-state index contributed by atoms with van der Waals surface area (Å²) in [4.78, 5) is 35.6. The molecule has 1 saturated heterocycles. The van der Waals surface area contributed by atoms with E-state index in [1.807, 2.05) is 12.1 Å². The van der Waals surface area contributed by atoms with Crippen LogP contribution in [0.25, 0.3) is 16.8 Å². The zero-order valence-corrected chi connectivity index (χ0v) is 15.9. The standard InChI is InChI=1S/C22H16ClFN2O3/c23-21-16(2-1-3-17(21)18-9-10-19(27)25-22(18)29)13-4-7-15(8-5-13)26-12-14(24)6-11-20(26)28/h1-8,11-12,18H,9-10H2,(H,25,27,29). The number of benzene rings is 2. The molecule has 4 rings (SSSR count). The van der Waals surface area contributed by atoms with E-state index < -0.39 is 11.7 Å². The first kappa shape index (κ1) is 19.1. The van der Waals surface area contributed by atoms with Crippen LogP contribution >= 0.6 is 11.6 Å². The highest BCUT2D eigenvalue weighted by Crippen LogP contribution is 2.37. The number of hydrogen-bond donors (Lipinski definition) is 1. The van der Waals surface area contributed by atoms with Gasteiger partial charge in [0.05, 0.1) is 10.9 Å². The molecule has 1 aromatic heterocycles. The molecule has 1 N–H and O–H groups in total. The number of hydrogen-bond acceptors (Lipinski definition) is 3. The number of carbonyl (C=O) groups is 2.